The monoisotopic (exact) mass is 929 g/mol. The maximum atomic E-state index is 14.2. The average Bonchev–Trinajstić information content (AvgIpc) is 4.21. The highest BCUT2D eigenvalue weighted by molar-refractivity contribution is 6.12. The number of hydrogen-bond acceptors (Lipinski definition) is 4. The van der Waals surface area contributed by atoms with Crippen molar-refractivity contribution in [1.82, 2.24) is 9.35 Å². The molecule has 0 spiro atoms. The lowest BCUT2D eigenvalue weighted by atomic mass is 9.64. The Morgan fingerprint density at radius 3 is 1.07 bits per heavy atom. The molecular weight excluding hydrogens is 861 g/mol. The second kappa shape index (κ2) is 15.3. The Balaban J connectivity index is 0.715. The summed E-state index contributed by atoms with van der Waals surface area (Å²) in [6.07, 6.45) is 19.7. The lowest BCUT2D eigenvalue weighted by molar-refractivity contribution is -0.129. The van der Waals surface area contributed by atoms with E-state index in [1.54, 1.807) is 0 Å². The summed E-state index contributed by atoms with van der Waals surface area (Å²) in [6, 6.07) is 32.4. The first-order valence-electron chi connectivity index (χ1n) is 28.6. The molecular formula is C64H68N2O4. The van der Waals surface area contributed by atoms with Gasteiger partial charge in [-0.2, -0.15) is 0 Å². The Morgan fingerprint density at radius 1 is 0.300 bits per heavy atom. The van der Waals surface area contributed by atoms with E-state index in [1.807, 2.05) is 0 Å². The molecule has 0 saturated heterocycles. The molecule has 0 amide bonds. The first-order valence-corrected chi connectivity index (χ1v) is 28.6. The molecule has 4 aromatic carbocycles. The van der Waals surface area contributed by atoms with Crippen LogP contribution in [-0.2, 0) is 19.2 Å². The zero-order valence-electron chi connectivity index (χ0n) is 40.7. The third-order valence-corrected chi connectivity index (χ3v) is 23.2. The van der Waals surface area contributed by atoms with Crippen LogP contribution in [-0.4, -0.2) is 32.5 Å². The molecule has 0 bridgehead atoms. The number of carbonyl (C=O) groups is 4. The average molecular weight is 929 g/mol. The highest BCUT2D eigenvalue weighted by Crippen LogP contribution is 2.64. The minimum Gasteiger partial charge on any atom is -0.299 e. The van der Waals surface area contributed by atoms with Crippen molar-refractivity contribution in [3.63, 3.8) is 0 Å². The summed E-state index contributed by atoms with van der Waals surface area (Å²) in [5.74, 6) is 8.39. The van der Waals surface area contributed by atoms with Gasteiger partial charge in [0.25, 0.3) is 0 Å². The third kappa shape index (κ3) is 5.69. The van der Waals surface area contributed by atoms with Crippen LogP contribution in [0.5, 0.6) is 0 Å². The van der Waals surface area contributed by atoms with Crippen LogP contribution >= 0.6 is 0 Å². The predicted molar refractivity (Wildman–Crippen MR) is 274 cm³/mol. The first kappa shape index (κ1) is 41.7. The smallest absolute Gasteiger partial charge is 0.139 e. The fourth-order valence-electron chi connectivity index (χ4n) is 20.4. The van der Waals surface area contributed by atoms with E-state index in [2.05, 4.69) is 94.3 Å². The number of nitrogens with zero attached hydrogens (tertiary/aromatic N) is 2. The van der Waals surface area contributed by atoms with Crippen molar-refractivity contribution in [3.8, 4) is 0 Å². The molecule has 18 unspecified atom stereocenters. The molecule has 10 saturated carbocycles. The maximum absolute atomic E-state index is 14.2. The molecule has 2 heterocycles. The van der Waals surface area contributed by atoms with Gasteiger partial charge >= 0.3 is 0 Å². The van der Waals surface area contributed by atoms with E-state index in [4.69, 9.17) is 0 Å². The molecule has 10 aliphatic rings. The van der Waals surface area contributed by atoms with Crippen molar-refractivity contribution < 1.29 is 19.2 Å². The van der Waals surface area contributed by atoms with E-state index < -0.39 is 0 Å². The summed E-state index contributed by atoms with van der Waals surface area (Å²) >= 11 is 0. The fourth-order valence-corrected chi connectivity index (χ4v) is 20.4. The lowest BCUT2D eigenvalue weighted by Crippen LogP contribution is -2.35. The molecule has 2 aromatic heterocycles. The Labute approximate surface area is 411 Å². The number of fused-ring (bicyclic) bond motifs is 18. The van der Waals surface area contributed by atoms with Gasteiger partial charge in [-0.1, -0.05) is 74.2 Å². The molecule has 358 valence electrons. The van der Waals surface area contributed by atoms with Crippen molar-refractivity contribution in [3.05, 3.63) is 96.1 Å². The Morgan fingerprint density at radius 2 is 0.643 bits per heavy atom. The number of hydrogen-bond donors (Lipinski definition) is 0. The van der Waals surface area contributed by atoms with Crippen LogP contribution in [0.4, 0.5) is 0 Å². The van der Waals surface area contributed by atoms with Crippen LogP contribution in [0.15, 0.2) is 84.9 Å². The molecule has 10 aliphatic carbocycles. The third-order valence-electron chi connectivity index (χ3n) is 23.2. The summed E-state index contributed by atoms with van der Waals surface area (Å²) < 4.78 is 4.94. The number of benzene rings is 4. The van der Waals surface area contributed by atoms with Gasteiger partial charge in [-0.3, -0.25) is 19.2 Å². The summed E-state index contributed by atoms with van der Waals surface area (Å²) in [7, 11) is 0. The molecule has 70 heavy (non-hydrogen) atoms. The molecule has 0 radical (unpaired) electrons. The van der Waals surface area contributed by atoms with Crippen LogP contribution in [0.3, 0.4) is 0 Å². The van der Waals surface area contributed by atoms with Crippen LogP contribution in [0.1, 0.15) is 139 Å². The standard InChI is InChI=1S/C64H68N2O4/c67-61-41-13-3-1-9-37(41)47-29-55-49(31-53(47)61)45-25-33(17-21-43(45)63(55)69)35-19-23-59-51(27-35)39-11-5-7-15-57(39)65(59)66-58-16-8-6-12-40(58)52-28-36(20-24-60(52)66)34-18-22-44-46(26-34)50-32-54-48(30-56(50)64(44)70)38-10-2-4-14-42(38)62(54)68/h5-8,11-12,15-16,19-20,23-24,27-28,33-34,37-38,41-50,53-56H,1-4,9-10,13-14,17-18,21-22,25-26,29-32H2. The van der Waals surface area contributed by atoms with Gasteiger partial charge in [-0.15, -0.1) is 0 Å². The van der Waals surface area contributed by atoms with Gasteiger partial charge in [0.2, 0.25) is 0 Å². The van der Waals surface area contributed by atoms with E-state index in [9.17, 15) is 19.2 Å². The number of carbonyl (C=O) groups excluding carboxylic acids is 4. The molecule has 6 heteroatoms. The highest BCUT2D eigenvalue weighted by Gasteiger charge is 2.62. The van der Waals surface area contributed by atoms with E-state index in [1.165, 1.54) is 93.3 Å². The van der Waals surface area contributed by atoms with Crippen molar-refractivity contribution >= 4 is 66.7 Å². The molecule has 16 rings (SSSR count). The molecule has 0 aliphatic heterocycles. The molecule has 10 fully saturated rings. The lowest BCUT2D eigenvalue weighted by Gasteiger charge is -2.40. The van der Waals surface area contributed by atoms with Gasteiger partial charge < -0.3 is 0 Å². The van der Waals surface area contributed by atoms with Crippen LogP contribution < -0.4 is 0 Å². The summed E-state index contributed by atoms with van der Waals surface area (Å²) in [5, 5.41) is 5.09. The van der Waals surface area contributed by atoms with Gasteiger partial charge in [0, 0.05) is 68.9 Å². The van der Waals surface area contributed by atoms with Crippen molar-refractivity contribution in [2.45, 2.75) is 127 Å². The normalized spacial score (nSPS) is 40.8. The largest absolute Gasteiger partial charge is 0.299 e. The Hall–Kier alpha value is -4.84. The Bertz CT molecular complexity index is 3010. The number of rotatable bonds is 3. The van der Waals surface area contributed by atoms with E-state index in [0.29, 0.717) is 82.3 Å². The molecule has 18 atom stereocenters. The van der Waals surface area contributed by atoms with Crippen molar-refractivity contribution in [2.75, 3.05) is 0 Å². The zero-order valence-corrected chi connectivity index (χ0v) is 40.7. The molecule has 0 N–H and O–H groups in total. The molecule has 6 nitrogen and oxygen atoms in total. The van der Waals surface area contributed by atoms with Gasteiger partial charge in [-0.05, 0) is 197 Å². The van der Waals surface area contributed by atoms with Gasteiger partial charge in [-0.25, -0.2) is 9.35 Å². The predicted octanol–water partition coefficient (Wildman–Crippen LogP) is 13.7. The molecule has 6 aromatic rings. The highest BCUT2D eigenvalue weighted by atomic mass is 16.1. The summed E-state index contributed by atoms with van der Waals surface area (Å²) in [4.78, 5) is 56.2. The quantitative estimate of drug-likeness (QED) is 0.177. The number of para-hydroxylation sites is 2. The van der Waals surface area contributed by atoms with E-state index >= 15 is 0 Å². The zero-order chi connectivity index (χ0) is 46.3. The number of Topliss-reactive ketones (excluding diaryl/α,β-unsaturated/α-hetero) is 4. The van der Waals surface area contributed by atoms with Crippen LogP contribution in [0.25, 0.3) is 43.6 Å². The first-order chi connectivity index (χ1) is 34.4. The fraction of sp³-hybridized carbons (Fsp3) is 0.562. The number of ketones is 4. The SMILES string of the molecule is O=C1C2CCCCC2C2CC3C(=O)C4CCC(c5ccc6c(c5)c5ccccc5n6-n5c6ccccc6c6cc(C7CCC8C(=O)C9CC%10C(CC9C8C7)C(=O)C7CCCCC7%10)ccc65)CC4C3CC12. The number of aromatic nitrogens is 2. The van der Waals surface area contributed by atoms with Crippen molar-refractivity contribution in [1.29, 1.82) is 0 Å². The second-order valence-electron chi connectivity index (χ2n) is 25.5. The summed E-state index contributed by atoms with van der Waals surface area (Å²) in [6.45, 7) is 0. The van der Waals surface area contributed by atoms with E-state index in [-0.39, 0.29) is 47.3 Å². The minimum atomic E-state index is 0.181. The van der Waals surface area contributed by atoms with Crippen molar-refractivity contribution in [2.24, 2.45) is 94.7 Å². The van der Waals surface area contributed by atoms with Crippen LogP contribution in [0, 0.1) is 94.7 Å². The second-order valence-corrected chi connectivity index (χ2v) is 25.5. The maximum Gasteiger partial charge on any atom is 0.139 e. The van der Waals surface area contributed by atoms with Gasteiger partial charge in [0.15, 0.2) is 0 Å². The van der Waals surface area contributed by atoms with Gasteiger partial charge in [0.05, 0.1) is 22.1 Å². The minimum absolute atomic E-state index is 0.181. The van der Waals surface area contributed by atoms with Gasteiger partial charge in [0.1, 0.15) is 23.1 Å². The van der Waals surface area contributed by atoms with Crippen LogP contribution in [0.2, 0.25) is 0 Å². The Kier molecular flexibility index (Phi) is 9.15. The summed E-state index contributed by atoms with van der Waals surface area (Å²) in [5.41, 5.74) is 7.60. The van der Waals surface area contributed by atoms with E-state index in [0.717, 1.165) is 77.0 Å². The topological polar surface area (TPSA) is 78.1 Å².